The van der Waals surface area contributed by atoms with Gasteiger partial charge in [0.25, 0.3) is 0 Å². The number of carbonyl (C=O) groups excluding carboxylic acids is 1. The van der Waals surface area contributed by atoms with E-state index in [4.69, 9.17) is 4.74 Å². The van der Waals surface area contributed by atoms with Crippen molar-refractivity contribution in [3.63, 3.8) is 0 Å². The summed E-state index contributed by atoms with van der Waals surface area (Å²) in [6.45, 7) is 8.71. The molecule has 0 aromatic heterocycles. The van der Waals surface area contributed by atoms with Crippen LogP contribution < -0.4 is 16.0 Å². The van der Waals surface area contributed by atoms with E-state index >= 15 is 0 Å². The lowest BCUT2D eigenvalue weighted by Gasteiger charge is -2.14. The highest BCUT2D eigenvalue weighted by Crippen LogP contribution is 2.17. The lowest BCUT2D eigenvalue weighted by atomic mass is 10.1. The molecule has 112 valence electrons. The molecule has 1 rings (SSSR count). The maximum Gasteiger partial charge on any atom is 0.319 e. The minimum absolute atomic E-state index is 0.210. The van der Waals surface area contributed by atoms with E-state index in [1.807, 2.05) is 31.2 Å². The van der Waals surface area contributed by atoms with Crippen LogP contribution in [0.25, 0.3) is 0 Å². The molecule has 0 bridgehead atoms. The summed E-state index contributed by atoms with van der Waals surface area (Å²) in [5, 5.41) is 8.92. The molecule has 0 fully saturated rings. The van der Waals surface area contributed by atoms with Gasteiger partial charge in [-0.2, -0.15) is 0 Å². The van der Waals surface area contributed by atoms with Crippen molar-refractivity contribution in [2.75, 3.05) is 31.6 Å². The van der Waals surface area contributed by atoms with Gasteiger partial charge >= 0.3 is 6.03 Å². The summed E-state index contributed by atoms with van der Waals surface area (Å²) < 4.78 is 5.16. The van der Waals surface area contributed by atoms with Gasteiger partial charge in [0.1, 0.15) is 0 Å². The van der Waals surface area contributed by atoms with E-state index in [1.54, 1.807) is 0 Å². The number of nitrogens with one attached hydrogen (secondary N) is 3. The van der Waals surface area contributed by atoms with Crippen LogP contribution in [-0.4, -0.2) is 32.3 Å². The zero-order valence-electron chi connectivity index (χ0n) is 12.5. The summed E-state index contributed by atoms with van der Waals surface area (Å²) in [4.78, 5) is 11.7. The molecule has 3 N–H and O–H groups in total. The van der Waals surface area contributed by atoms with Gasteiger partial charge in [-0.3, -0.25) is 0 Å². The van der Waals surface area contributed by atoms with Crippen molar-refractivity contribution in [3.8, 4) is 0 Å². The maximum atomic E-state index is 11.7. The molecule has 0 saturated carbocycles. The number of ether oxygens (including phenoxy) is 1. The second-order valence-electron chi connectivity index (χ2n) is 4.48. The Labute approximate surface area is 121 Å². The third-order valence-corrected chi connectivity index (χ3v) is 2.89. The standard InChI is InChI=1S/C15H25N3O2/c1-4-16-12(3)13-7-6-8-14(11-13)18-15(19)17-9-10-20-5-2/h6-8,11-12,16H,4-5,9-10H2,1-3H3,(H2,17,18,19). The lowest BCUT2D eigenvalue weighted by Crippen LogP contribution is -2.31. The molecule has 1 atom stereocenters. The van der Waals surface area contributed by atoms with Gasteiger partial charge in [-0.05, 0) is 38.1 Å². The van der Waals surface area contributed by atoms with Crippen molar-refractivity contribution < 1.29 is 9.53 Å². The molecule has 0 radical (unpaired) electrons. The first-order valence-corrected chi connectivity index (χ1v) is 7.13. The summed E-state index contributed by atoms with van der Waals surface area (Å²) in [6, 6.07) is 7.91. The molecule has 0 aliphatic carbocycles. The molecule has 5 heteroatoms. The van der Waals surface area contributed by atoms with Crippen LogP contribution in [0.3, 0.4) is 0 Å². The van der Waals surface area contributed by atoms with E-state index in [9.17, 15) is 4.79 Å². The minimum atomic E-state index is -0.210. The van der Waals surface area contributed by atoms with Gasteiger partial charge in [0.2, 0.25) is 0 Å². The van der Waals surface area contributed by atoms with Crippen molar-refractivity contribution in [2.24, 2.45) is 0 Å². The molecule has 0 aliphatic heterocycles. The number of hydrogen-bond donors (Lipinski definition) is 3. The highest BCUT2D eigenvalue weighted by Gasteiger charge is 2.06. The third-order valence-electron chi connectivity index (χ3n) is 2.89. The zero-order chi connectivity index (χ0) is 14.8. The Bertz CT molecular complexity index is 410. The second-order valence-corrected chi connectivity index (χ2v) is 4.48. The molecule has 2 amide bonds. The van der Waals surface area contributed by atoms with Crippen molar-refractivity contribution in [1.29, 1.82) is 0 Å². The highest BCUT2D eigenvalue weighted by atomic mass is 16.5. The molecular formula is C15H25N3O2. The van der Waals surface area contributed by atoms with E-state index in [1.165, 1.54) is 0 Å². The number of amides is 2. The average Bonchev–Trinajstić information content (AvgIpc) is 2.44. The van der Waals surface area contributed by atoms with Gasteiger partial charge in [-0.15, -0.1) is 0 Å². The molecule has 1 aromatic rings. The van der Waals surface area contributed by atoms with Crippen LogP contribution in [0.5, 0.6) is 0 Å². The summed E-state index contributed by atoms with van der Waals surface area (Å²) in [5.74, 6) is 0. The fourth-order valence-electron chi connectivity index (χ4n) is 1.87. The molecule has 1 aromatic carbocycles. The molecule has 0 spiro atoms. The molecule has 0 saturated heterocycles. The Morgan fingerprint density at radius 2 is 2.15 bits per heavy atom. The molecule has 1 unspecified atom stereocenters. The van der Waals surface area contributed by atoms with Crippen LogP contribution in [0.15, 0.2) is 24.3 Å². The van der Waals surface area contributed by atoms with E-state index in [-0.39, 0.29) is 12.1 Å². The van der Waals surface area contributed by atoms with Crippen LogP contribution in [0.4, 0.5) is 10.5 Å². The van der Waals surface area contributed by atoms with Gasteiger partial charge in [0.15, 0.2) is 0 Å². The summed E-state index contributed by atoms with van der Waals surface area (Å²) in [6.07, 6.45) is 0. The topological polar surface area (TPSA) is 62.4 Å². The average molecular weight is 279 g/mol. The smallest absolute Gasteiger partial charge is 0.319 e. The van der Waals surface area contributed by atoms with Crippen LogP contribution in [0, 0.1) is 0 Å². The summed E-state index contributed by atoms with van der Waals surface area (Å²) in [7, 11) is 0. The van der Waals surface area contributed by atoms with Crippen LogP contribution >= 0.6 is 0 Å². The Morgan fingerprint density at radius 1 is 1.35 bits per heavy atom. The third kappa shape index (κ3) is 6.04. The van der Waals surface area contributed by atoms with Crippen LogP contribution in [-0.2, 0) is 4.74 Å². The van der Waals surface area contributed by atoms with Crippen molar-refractivity contribution >= 4 is 11.7 Å². The van der Waals surface area contributed by atoms with Gasteiger partial charge in [0, 0.05) is 24.9 Å². The number of rotatable bonds is 8. The molecular weight excluding hydrogens is 254 g/mol. The summed E-state index contributed by atoms with van der Waals surface area (Å²) in [5.41, 5.74) is 1.94. The Balaban J connectivity index is 2.47. The minimum Gasteiger partial charge on any atom is -0.380 e. The fraction of sp³-hybridized carbons (Fsp3) is 0.533. The number of hydrogen-bond acceptors (Lipinski definition) is 3. The SMILES string of the molecule is CCNC(C)c1cccc(NC(=O)NCCOCC)c1. The number of urea groups is 1. The first kappa shape index (κ1) is 16.5. The first-order chi connectivity index (χ1) is 9.67. The Morgan fingerprint density at radius 3 is 2.85 bits per heavy atom. The number of benzene rings is 1. The Kier molecular flexibility index (Phi) is 7.69. The normalized spacial score (nSPS) is 11.9. The second kappa shape index (κ2) is 9.34. The fourth-order valence-corrected chi connectivity index (χ4v) is 1.87. The number of carbonyl (C=O) groups is 1. The number of anilines is 1. The monoisotopic (exact) mass is 279 g/mol. The van der Waals surface area contributed by atoms with E-state index in [0.29, 0.717) is 19.8 Å². The van der Waals surface area contributed by atoms with Crippen molar-refractivity contribution in [3.05, 3.63) is 29.8 Å². The van der Waals surface area contributed by atoms with Crippen LogP contribution in [0.2, 0.25) is 0 Å². The molecule has 0 aliphatic rings. The maximum absolute atomic E-state index is 11.7. The van der Waals surface area contributed by atoms with Crippen molar-refractivity contribution in [1.82, 2.24) is 10.6 Å². The lowest BCUT2D eigenvalue weighted by molar-refractivity contribution is 0.150. The van der Waals surface area contributed by atoms with Crippen molar-refractivity contribution in [2.45, 2.75) is 26.8 Å². The Hall–Kier alpha value is -1.59. The molecule has 0 heterocycles. The predicted octanol–water partition coefficient (Wildman–Crippen LogP) is 2.52. The largest absolute Gasteiger partial charge is 0.380 e. The first-order valence-electron chi connectivity index (χ1n) is 7.13. The quantitative estimate of drug-likeness (QED) is 0.641. The highest BCUT2D eigenvalue weighted by molar-refractivity contribution is 5.89. The van der Waals surface area contributed by atoms with E-state index < -0.39 is 0 Å². The van der Waals surface area contributed by atoms with E-state index in [0.717, 1.165) is 17.8 Å². The molecule has 5 nitrogen and oxygen atoms in total. The van der Waals surface area contributed by atoms with Gasteiger partial charge in [-0.25, -0.2) is 4.79 Å². The van der Waals surface area contributed by atoms with Gasteiger partial charge < -0.3 is 20.7 Å². The van der Waals surface area contributed by atoms with Gasteiger partial charge in [0.05, 0.1) is 6.61 Å². The van der Waals surface area contributed by atoms with Crippen LogP contribution in [0.1, 0.15) is 32.4 Å². The predicted molar refractivity (Wildman–Crippen MR) is 82.0 cm³/mol. The van der Waals surface area contributed by atoms with E-state index in [2.05, 4.69) is 29.8 Å². The molecule has 20 heavy (non-hydrogen) atoms. The zero-order valence-corrected chi connectivity index (χ0v) is 12.5. The summed E-state index contributed by atoms with van der Waals surface area (Å²) >= 11 is 0. The van der Waals surface area contributed by atoms with Gasteiger partial charge in [-0.1, -0.05) is 19.1 Å².